The molecule has 0 saturated heterocycles. The molecule has 2 atom stereocenters. The van der Waals surface area contributed by atoms with E-state index >= 15 is 0 Å². The van der Waals surface area contributed by atoms with E-state index in [9.17, 15) is 9.90 Å². The fourth-order valence-corrected chi connectivity index (χ4v) is 3.96. The molecule has 3 heteroatoms. The minimum absolute atomic E-state index is 0.155. The molecule has 0 radical (unpaired) electrons. The van der Waals surface area contributed by atoms with Crippen LogP contribution in [0.15, 0.2) is 54.6 Å². The van der Waals surface area contributed by atoms with Crippen molar-refractivity contribution >= 4 is 11.5 Å². The molecule has 2 aliphatic rings. The Hall–Kier alpha value is -2.26. The maximum absolute atomic E-state index is 12.9. The van der Waals surface area contributed by atoms with Gasteiger partial charge in [-0.05, 0) is 30.7 Å². The van der Waals surface area contributed by atoms with Crippen LogP contribution >= 0.6 is 0 Å². The average molecular weight is 278 g/mol. The van der Waals surface area contributed by atoms with Crippen LogP contribution < -0.4 is 0 Å². The summed E-state index contributed by atoms with van der Waals surface area (Å²) >= 11 is 0. The minimum atomic E-state index is -1.55. The number of benzene rings is 2. The fraction of sp³-hybridized carbons (Fsp3) is 0.222. The Morgan fingerprint density at radius 3 is 2.19 bits per heavy atom. The predicted molar refractivity (Wildman–Crippen MR) is 79.4 cm³/mol. The SMILES string of the molecule is C[N+]1=C(c2ccccc2)[C@]2(C)C(=O)[C@@]1(O)c1ccccc12. The summed E-state index contributed by atoms with van der Waals surface area (Å²) in [5, 5.41) is 11.1. The van der Waals surface area contributed by atoms with E-state index in [1.165, 1.54) is 0 Å². The summed E-state index contributed by atoms with van der Waals surface area (Å²) in [7, 11) is 1.79. The topological polar surface area (TPSA) is 40.3 Å². The van der Waals surface area contributed by atoms with Gasteiger partial charge in [0.1, 0.15) is 12.5 Å². The van der Waals surface area contributed by atoms with E-state index < -0.39 is 11.1 Å². The highest BCUT2D eigenvalue weighted by molar-refractivity contribution is 6.26. The molecule has 0 amide bonds. The van der Waals surface area contributed by atoms with Crippen molar-refractivity contribution in [3.8, 4) is 0 Å². The van der Waals surface area contributed by atoms with Gasteiger partial charge in [-0.25, -0.2) is 0 Å². The van der Waals surface area contributed by atoms with Gasteiger partial charge in [-0.2, -0.15) is 4.58 Å². The molecule has 2 aromatic rings. The van der Waals surface area contributed by atoms with Gasteiger partial charge in [0.25, 0.3) is 5.78 Å². The van der Waals surface area contributed by atoms with Crippen molar-refractivity contribution in [3.63, 3.8) is 0 Å². The number of likely N-dealkylation sites (N-methyl/N-ethyl adjacent to an activating group) is 1. The molecule has 1 aliphatic heterocycles. The molecule has 4 rings (SSSR count). The van der Waals surface area contributed by atoms with Crippen LogP contribution in [0.5, 0.6) is 0 Å². The Balaban J connectivity index is 2.09. The number of carbonyl (C=O) groups excluding carboxylic acids is 1. The lowest BCUT2D eigenvalue weighted by Crippen LogP contribution is -2.39. The molecular weight excluding hydrogens is 262 g/mol. The maximum Gasteiger partial charge on any atom is 0.354 e. The molecule has 21 heavy (non-hydrogen) atoms. The highest BCUT2D eigenvalue weighted by Gasteiger charge is 2.73. The third-order valence-corrected chi connectivity index (χ3v) is 4.95. The van der Waals surface area contributed by atoms with Crippen molar-refractivity contribution in [2.75, 3.05) is 7.05 Å². The van der Waals surface area contributed by atoms with E-state index in [1.807, 2.05) is 61.5 Å². The van der Waals surface area contributed by atoms with Crippen LogP contribution in [0.1, 0.15) is 23.6 Å². The van der Waals surface area contributed by atoms with E-state index in [0.29, 0.717) is 5.56 Å². The van der Waals surface area contributed by atoms with Crippen molar-refractivity contribution in [2.24, 2.45) is 0 Å². The normalized spacial score (nSPS) is 30.0. The van der Waals surface area contributed by atoms with E-state index in [-0.39, 0.29) is 5.78 Å². The first-order valence-corrected chi connectivity index (χ1v) is 7.06. The molecule has 2 aromatic carbocycles. The summed E-state index contributed by atoms with van der Waals surface area (Å²) in [6.45, 7) is 1.91. The molecule has 104 valence electrons. The molecule has 0 fully saturated rings. The van der Waals surface area contributed by atoms with Crippen molar-refractivity contribution in [2.45, 2.75) is 18.1 Å². The minimum Gasteiger partial charge on any atom is -0.325 e. The number of ketones is 1. The molecule has 2 bridgehead atoms. The van der Waals surface area contributed by atoms with Crippen LogP contribution in [-0.4, -0.2) is 28.2 Å². The van der Waals surface area contributed by atoms with E-state index in [0.717, 1.165) is 16.8 Å². The third kappa shape index (κ3) is 1.19. The van der Waals surface area contributed by atoms with Gasteiger partial charge in [0.05, 0.1) is 5.56 Å². The first-order valence-electron chi connectivity index (χ1n) is 7.06. The lowest BCUT2D eigenvalue weighted by Gasteiger charge is -2.23. The number of fused-ring (bicyclic) bond motifs is 5. The molecule has 1 aliphatic carbocycles. The second-order valence-corrected chi connectivity index (χ2v) is 5.95. The summed E-state index contributed by atoms with van der Waals surface area (Å²) in [4.78, 5) is 12.9. The van der Waals surface area contributed by atoms with Crippen molar-refractivity contribution in [1.29, 1.82) is 0 Å². The van der Waals surface area contributed by atoms with Gasteiger partial charge in [-0.15, -0.1) is 0 Å². The van der Waals surface area contributed by atoms with Crippen molar-refractivity contribution in [1.82, 2.24) is 0 Å². The Labute approximate surface area is 123 Å². The molecule has 0 spiro atoms. The van der Waals surface area contributed by atoms with Crippen molar-refractivity contribution < 1.29 is 14.5 Å². The standard InChI is InChI=1S/C18H16NO2/c1-17-13-10-6-7-11-14(13)18(21,16(17)20)19(2)15(17)12-8-4-3-5-9-12/h3-11,21H,1-2H3/q+1/t17-,18+/m1/s1. The Morgan fingerprint density at radius 1 is 0.952 bits per heavy atom. The fourth-order valence-electron chi connectivity index (χ4n) is 3.96. The summed E-state index contributed by atoms with van der Waals surface area (Å²) < 4.78 is 1.73. The van der Waals surface area contributed by atoms with Crippen LogP contribution in [-0.2, 0) is 15.9 Å². The smallest absolute Gasteiger partial charge is 0.325 e. The molecule has 1 N–H and O–H groups in total. The number of carbonyl (C=O) groups is 1. The van der Waals surface area contributed by atoms with Crippen LogP contribution in [0, 0.1) is 0 Å². The summed E-state index contributed by atoms with van der Waals surface area (Å²) in [6, 6.07) is 17.4. The van der Waals surface area contributed by atoms with Gasteiger partial charge < -0.3 is 5.11 Å². The van der Waals surface area contributed by atoms with Crippen LogP contribution in [0.4, 0.5) is 0 Å². The predicted octanol–water partition coefficient (Wildman–Crippen LogP) is 1.82. The zero-order chi connectivity index (χ0) is 14.8. The number of rotatable bonds is 1. The van der Waals surface area contributed by atoms with Crippen LogP contribution in [0.2, 0.25) is 0 Å². The zero-order valence-corrected chi connectivity index (χ0v) is 12.0. The third-order valence-electron chi connectivity index (χ3n) is 4.95. The lowest BCUT2D eigenvalue weighted by molar-refractivity contribution is -0.621. The summed E-state index contributed by atoms with van der Waals surface area (Å²) in [5.74, 6) is -0.155. The number of nitrogens with zero attached hydrogens (tertiary/aromatic N) is 1. The average Bonchev–Trinajstić information content (AvgIpc) is 2.79. The van der Waals surface area contributed by atoms with Crippen LogP contribution in [0.25, 0.3) is 0 Å². The molecular formula is C18H16NO2+. The summed E-state index contributed by atoms with van der Waals surface area (Å²) in [6.07, 6.45) is 0. The van der Waals surface area contributed by atoms with Crippen LogP contribution in [0.3, 0.4) is 0 Å². The van der Waals surface area contributed by atoms with Gasteiger partial charge >= 0.3 is 5.72 Å². The molecule has 1 heterocycles. The van der Waals surface area contributed by atoms with Crippen molar-refractivity contribution in [3.05, 3.63) is 71.3 Å². The van der Waals surface area contributed by atoms with Gasteiger partial charge in [-0.1, -0.05) is 36.4 Å². The quantitative estimate of drug-likeness (QED) is 0.808. The van der Waals surface area contributed by atoms with E-state index in [4.69, 9.17) is 0 Å². The second kappa shape index (κ2) is 3.68. The van der Waals surface area contributed by atoms with E-state index in [1.54, 1.807) is 11.6 Å². The second-order valence-electron chi connectivity index (χ2n) is 5.95. The Kier molecular flexibility index (Phi) is 2.19. The Morgan fingerprint density at radius 2 is 1.52 bits per heavy atom. The highest BCUT2D eigenvalue weighted by Crippen LogP contribution is 2.52. The van der Waals surface area contributed by atoms with Gasteiger partial charge in [0, 0.05) is 5.56 Å². The van der Waals surface area contributed by atoms with E-state index in [2.05, 4.69) is 0 Å². The maximum atomic E-state index is 12.9. The molecule has 0 unspecified atom stereocenters. The Bertz CT molecular complexity index is 809. The van der Waals surface area contributed by atoms with Gasteiger partial charge in [-0.3, -0.25) is 4.79 Å². The lowest BCUT2D eigenvalue weighted by atomic mass is 9.76. The number of aliphatic hydroxyl groups is 1. The zero-order valence-electron chi connectivity index (χ0n) is 12.0. The van der Waals surface area contributed by atoms with Gasteiger partial charge in [0.2, 0.25) is 5.71 Å². The molecule has 0 saturated carbocycles. The molecule has 0 aromatic heterocycles. The number of hydrogen-bond acceptors (Lipinski definition) is 2. The first kappa shape index (κ1) is 12.5. The summed E-state index contributed by atoms with van der Waals surface area (Å²) in [5.41, 5.74) is 1.13. The monoisotopic (exact) mass is 278 g/mol. The number of hydrogen-bond donors (Lipinski definition) is 1. The highest BCUT2D eigenvalue weighted by atomic mass is 16.3. The first-order chi connectivity index (χ1) is 10.0. The largest absolute Gasteiger partial charge is 0.354 e. The van der Waals surface area contributed by atoms with Gasteiger partial charge in [0.15, 0.2) is 0 Å². The number of Topliss-reactive ketones (excluding diaryl/α,β-unsaturated/α-hetero) is 1. The molecule has 3 nitrogen and oxygen atoms in total.